The summed E-state index contributed by atoms with van der Waals surface area (Å²) in [7, 11) is 0. The van der Waals surface area contributed by atoms with Crippen LogP contribution in [0.3, 0.4) is 0 Å². The van der Waals surface area contributed by atoms with Gasteiger partial charge in [0.2, 0.25) is 11.8 Å². The zero-order valence-electron chi connectivity index (χ0n) is 14.8. The molecule has 0 radical (unpaired) electrons. The second-order valence-corrected chi connectivity index (χ2v) is 5.49. The molecule has 0 atom stereocenters. The molecule has 0 unspecified atom stereocenters. The van der Waals surface area contributed by atoms with Crippen LogP contribution in [0.15, 0.2) is 42.5 Å². The molecule has 0 saturated carbocycles. The summed E-state index contributed by atoms with van der Waals surface area (Å²) in [5.74, 6) is -4.01. The number of carbonyl (C=O) groups excluding carboxylic acids is 3. The summed E-state index contributed by atoms with van der Waals surface area (Å²) in [4.78, 5) is 36.8. The van der Waals surface area contributed by atoms with Gasteiger partial charge in [-0.2, -0.15) is 0 Å². The fourth-order valence-electron chi connectivity index (χ4n) is 2.41. The van der Waals surface area contributed by atoms with E-state index in [2.05, 4.69) is 5.32 Å². The Morgan fingerprint density at radius 1 is 1.04 bits per heavy atom. The third-order valence-corrected chi connectivity index (χ3v) is 3.59. The van der Waals surface area contributed by atoms with E-state index in [1.807, 2.05) is 0 Å². The highest BCUT2D eigenvalue weighted by atomic mass is 19.1. The Balaban J connectivity index is 2.24. The van der Waals surface area contributed by atoms with Crippen LogP contribution in [0, 0.1) is 11.6 Å². The molecular formula is C19H18F2N2O4. The Kier molecular flexibility index (Phi) is 6.59. The Labute approximate surface area is 154 Å². The highest BCUT2D eigenvalue weighted by Crippen LogP contribution is 2.24. The van der Waals surface area contributed by atoms with Gasteiger partial charge in [-0.15, -0.1) is 0 Å². The summed E-state index contributed by atoms with van der Waals surface area (Å²) in [5, 5.41) is 2.47. The number of nitrogens with zero attached hydrogens (tertiary/aromatic N) is 1. The normalized spacial score (nSPS) is 10.2. The number of halogens is 2. The van der Waals surface area contributed by atoms with Gasteiger partial charge in [0, 0.05) is 6.92 Å². The number of anilines is 2. The minimum absolute atomic E-state index is 0.124. The molecule has 27 heavy (non-hydrogen) atoms. The lowest BCUT2D eigenvalue weighted by Gasteiger charge is -2.22. The first-order valence-corrected chi connectivity index (χ1v) is 8.13. The number of hydrogen-bond donors (Lipinski definition) is 1. The third kappa shape index (κ3) is 4.87. The largest absolute Gasteiger partial charge is 0.462 e. The van der Waals surface area contributed by atoms with Gasteiger partial charge in [-0.3, -0.25) is 14.5 Å². The number of para-hydroxylation sites is 2. The molecule has 0 spiro atoms. The summed E-state index contributed by atoms with van der Waals surface area (Å²) in [6.07, 6.45) is 0. The van der Waals surface area contributed by atoms with Gasteiger partial charge in [0.25, 0.3) is 0 Å². The third-order valence-electron chi connectivity index (χ3n) is 3.59. The molecule has 142 valence electrons. The molecule has 6 nitrogen and oxygen atoms in total. The molecular weight excluding hydrogens is 358 g/mol. The van der Waals surface area contributed by atoms with Crippen molar-refractivity contribution in [1.82, 2.24) is 0 Å². The molecule has 2 aromatic carbocycles. The molecule has 1 N–H and O–H groups in total. The van der Waals surface area contributed by atoms with Gasteiger partial charge in [0.15, 0.2) is 0 Å². The maximum Gasteiger partial charge on any atom is 0.340 e. The van der Waals surface area contributed by atoms with Crippen LogP contribution in [-0.2, 0) is 14.3 Å². The predicted octanol–water partition coefficient (Wildman–Crippen LogP) is 3.13. The zero-order chi connectivity index (χ0) is 20.0. The standard InChI is InChI=1S/C19H18F2N2O4/c1-3-27-19(26)13-7-4-5-10-16(13)22-17(25)11-23(12(2)24)18-14(20)8-6-9-15(18)21/h4-10H,3,11H2,1-2H3,(H,22,25). The van der Waals surface area contributed by atoms with E-state index in [1.54, 1.807) is 19.1 Å². The highest BCUT2D eigenvalue weighted by molar-refractivity contribution is 6.05. The number of nitrogens with one attached hydrogen (secondary N) is 1. The second-order valence-electron chi connectivity index (χ2n) is 5.49. The maximum atomic E-state index is 14.0. The SMILES string of the molecule is CCOC(=O)c1ccccc1NC(=O)CN(C(C)=O)c1c(F)cccc1F. The number of rotatable bonds is 6. The Bertz CT molecular complexity index is 850. The van der Waals surface area contributed by atoms with Crippen molar-refractivity contribution in [3.05, 3.63) is 59.7 Å². The monoisotopic (exact) mass is 376 g/mol. The molecule has 0 bridgehead atoms. The number of esters is 1. The average Bonchev–Trinajstić information content (AvgIpc) is 2.61. The molecule has 0 aromatic heterocycles. The molecule has 0 aliphatic carbocycles. The first-order valence-electron chi connectivity index (χ1n) is 8.13. The van der Waals surface area contributed by atoms with Crippen LogP contribution in [0.2, 0.25) is 0 Å². The molecule has 0 fully saturated rings. The van der Waals surface area contributed by atoms with Gasteiger partial charge in [0.1, 0.15) is 23.9 Å². The van der Waals surface area contributed by atoms with E-state index >= 15 is 0 Å². The number of ether oxygens (including phenoxy) is 1. The van der Waals surface area contributed by atoms with Gasteiger partial charge < -0.3 is 10.1 Å². The molecule has 0 saturated heterocycles. The summed E-state index contributed by atoms with van der Waals surface area (Å²) in [6, 6.07) is 9.27. The molecule has 2 aromatic rings. The summed E-state index contributed by atoms with van der Waals surface area (Å²) >= 11 is 0. The number of amides is 2. The van der Waals surface area contributed by atoms with Crippen LogP contribution in [0.5, 0.6) is 0 Å². The van der Waals surface area contributed by atoms with Crippen LogP contribution in [0.4, 0.5) is 20.2 Å². The van der Waals surface area contributed by atoms with E-state index in [1.165, 1.54) is 12.1 Å². The maximum absolute atomic E-state index is 14.0. The molecule has 0 heterocycles. The van der Waals surface area contributed by atoms with Crippen molar-refractivity contribution in [2.24, 2.45) is 0 Å². The number of benzene rings is 2. The molecule has 0 aliphatic rings. The van der Waals surface area contributed by atoms with Crippen LogP contribution >= 0.6 is 0 Å². The van der Waals surface area contributed by atoms with Gasteiger partial charge >= 0.3 is 5.97 Å². The van der Waals surface area contributed by atoms with Crippen molar-refractivity contribution in [2.75, 3.05) is 23.4 Å². The minimum Gasteiger partial charge on any atom is -0.462 e. The lowest BCUT2D eigenvalue weighted by molar-refractivity contribution is -0.120. The molecule has 0 aliphatic heterocycles. The minimum atomic E-state index is -0.968. The topological polar surface area (TPSA) is 75.7 Å². The first-order chi connectivity index (χ1) is 12.8. The van der Waals surface area contributed by atoms with Gasteiger partial charge in [-0.05, 0) is 31.2 Å². The van der Waals surface area contributed by atoms with Crippen LogP contribution < -0.4 is 10.2 Å². The Morgan fingerprint density at radius 3 is 2.26 bits per heavy atom. The van der Waals surface area contributed by atoms with Crippen molar-refractivity contribution >= 4 is 29.2 Å². The van der Waals surface area contributed by atoms with E-state index < -0.39 is 41.7 Å². The average molecular weight is 376 g/mol. The smallest absolute Gasteiger partial charge is 0.340 e. The fraction of sp³-hybridized carbons (Fsp3) is 0.211. The first kappa shape index (κ1) is 20.0. The second kappa shape index (κ2) is 8.88. The highest BCUT2D eigenvalue weighted by Gasteiger charge is 2.23. The zero-order valence-corrected chi connectivity index (χ0v) is 14.8. The van der Waals surface area contributed by atoms with Crippen molar-refractivity contribution in [3.63, 3.8) is 0 Å². The summed E-state index contributed by atoms with van der Waals surface area (Å²) < 4.78 is 32.8. The summed E-state index contributed by atoms with van der Waals surface area (Å²) in [6.45, 7) is 2.26. The lowest BCUT2D eigenvalue weighted by atomic mass is 10.1. The number of carbonyl (C=O) groups is 3. The van der Waals surface area contributed by atoms with Crippen molar-refractivity contribution < 1.29 is 27.9 Å². The number of hydrogen-bond acceptors (Lipinski definition) is 4. The predicted molar refractivity (Wildman–Crippen MR) is 95.4 cm³/mol. The van der Waals surface area contributed by atoms with Crippen molar-refractivity contribution in [2.45, 2.75) is 13.8 Å². The summed E-state index contributed by atoms with van der Waals surface area (Å²) in [5.41, 5.74) is -0.323. The van der Waals surface area contributed by atoms with Gasteiger partial charge in [-0.25, -0.2) is 13.6 Å². The molecule has 8 heteroatoms. The van der Waals surface area contributed by atoms with E-state index in [0.717, 1.165) is 25.1 Å². The van der Waals surface area contributed by atoms with Crippen LogP contribution in [0.25, 0.3) is 0 Å². The Hall–Kier alpha value is -3.29. The van der Waals surface area contributed by atoms with E-state index in [-0.39, 0.29) is 17.9 Å². The van der Waals surface area contributed by atoms with Crippen molar-refractivity contribution in [1.29, 1.82) is 0 Å². The van der Waals surface area contributed by atoms with E-state index in [4.69, 9.17) is 4.74 Å². The van der Waals surface area contributed by atoms with Crippen molar-refractivity contribution in [3.8, 4) is 0 Å². The lowest BCUT2D eigenvalue weighted by Crippen LogP contribution is -2.38. The molecule has 2 amide bonds. The quantitative estimate of drug-likeness (QED) is 0.786. The van der Waals surface area contributed by atoms with Gasteiger partial charge in [-0.1, -0.05) is 18.2 Å². The fourth-order valence-corrected chi connectivity index (χ4v) is 2.41. The van der Waals surface area contributed by atoms with Crippen LogP contribution in [-0.4, -0.2) is 30.9 Å². The Morgan fingerprint density at radius 2 is 1.67 bits per heavy atom. The van der Waals surface area contributed by atoms with E-state index in [9.17, 15) is 23.2 Å². The molecule has 2 rings (SSSR count). The van der Waals surface area contributed by atoms with Gasteiger partial charge in [0.05, 0.1) is 17.9 Å². The van der Waals surface area contributed by atoms with Crippen LogP contribution in [0.1, 0.15) is 24.2 Å². The van der Waals surface area contributed by atoms with E-state index in [0.29, 0.717) is 4.90 Å².